The third-order valence-electron chi connectivity index (χ3n) is 2.99. The monoisotopic (exact) mass is 272 g/mol. The number of thioether (sulfide) groups is 1. The SMILES string of the molecule is CCC(N)C(Sc1n[nH]c(=O)n1CC)C(C)(C)C. The van der Waals surface area contributed by atoms with Crippen LogP contribution < -0.4 is 11.4 Å². The Bertz CT molecular complexity index is 432. The summed E-state index contributed by atoms with van der Waals surface area (Å²) in [6.45, 7) is 11.1. The van der Waals surface area contributed by atoms with Crippen LogP contribution in [0.5, 0.6) is 0 Å². The fraction of sp³-hybridized carbons (Fsp3) is 0.833. The first-order valence-corrected chi connectivity index (χ1v) is 7.26. The number of nitrogens with one attached hydrogen (secondary N) is 1. The maximum Gasteiger partial charge on any atom is 0.343 e. The van der Waals surface area contributed by atoms with Gasteiger partial charge in [-0.3, -0.25) is 4.57 Å². The van der Waals surface area contributed by atoms with Gasteiger partial charge in [0.1, 0.15) is 0 Å². The van der Waals surface area contributed by atoms with Crippen molar-refractivity contribution in [2.75, 3.05) is 0 Å². The van der Waals surface area contributed by atoms with Crippen LogP contribution in [0, 0.1) is 5.41 Å². The van der Waals surface area contributed by atoms with E-state index in [0.29, 0.717) is 6.54 Å². The van der Waals surface area contributed by atoms with Crippen LogP contribution in [0.4, 0.5) is 0 Å². The average molecular weight is 272 g/mol. The zero-order chi connectivity index (χ0) is 13.9. The van der Waals surface area contributed by atoms with E-state index in [1.165, 1.54) is 0 Å². The van der Waals surface area contributed by atoms with Gasteiger partial charge in [-0.15, -0.1) is 5.10 Å². The predicted octanol–water partition coefficient (Wildman–Crippen LogP) is 1.84. The van der Waals surface area contributed by atoms with Gasteiger partial charge in [0.15, 0.2) is 5.16 Å². The molecule has 104 valence electrons. The van der Waals surface area contributed by atoms with Gasteiger partial charge in [0.05, 0.1) is 0 Å². The van der Waals surface area contributed by atoms with Crippen molar-refractivity contribution in [2.24, 2.45) is 11.1 Å². The Labute approximate surface area is 113 Å². The minimum Gasteiger partial charge on any atom is -0.327 e. The first-order chi connectivity index (χ1) is 8.31. The van der Waals surface area contributed by atoms with Gasteiger partial charge in [0, 0.05) is 17.8 Å². The number of hydrogen-bond donors (Lipinski definition) is 2. The predicted molar refractivity (Wildman–Crippen MR) is 75.9 cm³/mol. The lowest BCUT2D eigenvalue weighted by atomic mass is 9.87. The summed E-state index contributed by atoms with van der Waals surface area (Å²) >= 11 is 1.60. The molecule has 0 saturated heterocycles. The summed E-state index contributed by atoms with van der Waals surface area (Å²) in [6.07, 6.45) is 0.912. The largest absolute Gasteiger partial charge is 0.343 e. The van der Waals surface area contributed by atoms with Crippen LogP contribution in [0.1, 0.15) is 41.0 Å². The van der Waals surface area contributed by atoms with Crippen molar-refractivity contribution in [1.29, 1.82) is 0 Å². The van der Waals surface area contributed by atoms with E-state index in [1.807, 2.05) is 6.92 Å². The fourth-order valence-electron chi connectivity index (χ4n) is 1.91. The number of H-pyrrole nitrogens is 1. The minimum absolute atomic E-state index is 0.0632. The topological polar surface area (TPSA) is 76.7 Å². The molecule has 2 atom stereocenters. The summed E-state index contributed by atoms with van der Waals surface area (Å²) in [5, 5.41) is 7.54. The van der Waals surface area contributed by atoms with E-state index in [2.05, 4.69) is 37.9 Å². The van der Waals surface area contributed by atoms with E-state index in [-0.39, 0.29) is 22.4 Å². The van der Waals surface area contributed by atoms with Crippen LogP contribution in [-0.2, 0) is 6.54 Å². The van der Waals surface area contributed by atoms with Gasteiger partial charge >= 0.3 is 5.69 Å². The summed E-state index contributed by atoms with van der Waals surface area (Å²) in [4.78, 5) is 11.5. The van der Waals surface area contributed by atoms with Crippen molar-refractivity contribution < 1.29 is 0 Å². The Hall–Kier alpha value is -0.750. The van der Waals surface area contributed by atoms with Crippen LogP contribution in [0.3, 0.4) is 0 Å². The van der Waals surface area contributed by atoms with E-state index >= 15 is 0 Å². The molecule has 18 heavy (non-hydrogen) atoms. The lowest BCUT2D eigenvalue weighted by Crippen LogP contribution is -2.41. The van der Waals surface area contributed by atoms with E-state index in [0.717, 1.165) is 11.6 Å². The number of nitrogens with two attached hydrogens (primary N) is 1. The molecule has 1 aromatic rings. The lowest BCUT2D eigenvalue weighted by molar-refractivity contribution is 0.349. The zero-order valence-electron chi connectivity index (χ0n) is 11.9. The highest BCUT2D eigenvalue weighted by molar-refractivity contribution is 7.99. The first-order valence-electron chi connectivity index (χ1n) is 6.38. The van der Waals surface area contributed by atoms with Gasteiger partial charge in [-0.05, 0) is 18.8 Å². The standard InChI is InChI=1S/C12H24N4OS/c1-6-8(13)9(12(3,4)5)18-11-15-14-10(17)16(11)7-2/h8-9H,6-7,13H2,1-5H3,(H,14,17). The molecular weight excluding hydrogens is 248 g/mol. The highest BCUT2D eigenvalue weighted by Crippen LogP contribution is 2.36. The molecule has 0 fully saturated rings. The van der Waals surface area contributed by atoms with Crippen LogP contribution >= 0.6 is 11.8 Å². The number of aromatic amines is 1. The summed E-state index contributed by atoms with van der Waals surface area (Å²) in [7, 11) is 0. The molecule has 1 aromatic heterocycles. The Morgan fingerprint density at radius 3 is 2.50 bits per heavy atom. The van der Waals surface area contributed by atoms with Crippen molar-refractivity contribution in [1.82, 2.24) is 14.8 Å². The summed E-state index contributed by atoms with van der Waals surface area (Å²) in [5.74, 6) is 0. The van der Waals surface area contributed by atoms with Gasteiger partial charge < -0.3 is 5.73 Å². The molecule has 0 bridgehead atoms. The third kappa shape index (κ3) is 3.38. The molecule has 0 saturated carbocycles. The highest BCUT2D eigenvalue weighted by Gasteiger charge is 2.31. The summed E-state index contributed by atoms with van der Waals surface area (Å²) in [5.41, 5.74) is 6.11. The zero-order valence-corrected chi connectivity index (χ0v) is 12.7. The van der Waals surface area contributed by atoms with Crippen molar-refractivity contribution in [3.05, 3.63) is 10.5 Å². The van der Waals surface area contributed by atoms with Crippen LogP contribution in [0.25, 0.3) is 0 Å². The Kier molecular flexibility index (Phi) is 5.04. The van der Waals surface area contributed by atoms with E-state index in [9.17, 15) is 4.79 Å². The fourth-order valence-corrected chi connectivity index (χ4v) is 3.29. The molecule has 0 amide bonds. The lowest BCUT2D eigenvalue weighted by Gasteiger charge is -2.33. The van der Waals surface area contributed by atoms with E-state index in [1.54, 1.807) is 16.3 Å². The van der Waals surface area contributed by atoms with Crippen molar-refractivity contribution in [3.8, 4) is 0 Å². The average Bonchev–Trinajstić information content (AvgIpc) is 2.64. The van der Waals surface area contributed by atoms with E-state index < -0.39 is 0 Å². The Morgan fingerprint density at radius 1 is 1.44 bits per heavy atom. The molecule has 6 heteroatoms. The second kappa shape index (κ2) is 5.93. The summed E-state index contributed by atoms with van der Waals surface area (Å²) < 4.78 is 1.64. The molecule has 5 nitrogen and oxygen atoms in total. The van der Waals surface area contributed by atoms with Crippen LogP contribution in [0.2, 0.25) is 0 Å². The number of nitrogens with zero attached hydrogens (tertiary/aromatic N) is 2. The van der Waals surface area contributed by atoms with Crippen LogP contribution in [0.15, 0.2) is 9.95 Å². The molecule has 1 heterocycles. The number of hydrogen-bond acceptors (Lipinski definition) is 4. The van der Waals surface area contributed by atoms with Gasteiger partial charge in [-0.25, -0.2) is 9.89 Å². The smallest absolute Gasteiger partial charge is 0.327 e. The maximum absolute atomic E-state index is 11.5. The molecular formula is C12H24N4OS. The Morgan fingerprint density at radius 2 is 2.06 bits per heavy atom. The van der Waals surface area contributed by atoms with Gasteiger partial charge in [0.25, 0.3) is 0 Å². The second-order valence-electron chi connectivity index (χ2n) is 5.53. The normalized spacial score (nSPS) is 15.7. The van der Waals surface area contributed by atoms with Gasteiger partial charge in [-0.2, -0.15) is 0 Å². The van der Waals surface area contributed by atoms with Crippen LogP contribution in [-0.4, -0.2) is 26.1 Å². The molecule has 0 aromatic carbocycles. The molecule has 0 spiro atoms. The van der Waals surface area contributed by atoms with Crippen molar-refractivity contribution in [2.45, 2.75) is 64.0 Å². The molecule has 0 aliphatic carbocycles. The van der Waals surface area contributed by atoms with E-state index in [4.69, 9.17) is 5.73 Å². The van der Waals surface area contributed by atoms with Crippen molar-refractivity contribution >= 4 is 11.8 Å². The molecule has 0 aliphatic rings. The minimum atomic E-state index is -0.155. The number of rotatable bonds is 5. The van der Waals surface area contributed by atoms with Crippen molar-refractivity contribution in [3.63, 3.8) is 0 Å². The van der Waals surface area contributed by atoms with Gasteiger partial charge in [0.2, 0.25) is 0 Å². The molecule has 0 aliphatic heterocycles. The summed E-state index contributed by atoms with van der Waals surface area (Å²) in [6, 6.07) is 0.0899. The quantitative estimate of drug-likeness (QED) is 0.802. The highest BCUT2D eigenvalue weighted by atomic mass is 32.2. The molecule has 1 rings (SSSR count). The first kappa shape index (κ1) is 15.3. The second-order valence-corrected chi connectivity index (χ2v) is 6.64. The third-order valence-corrected chi connectivity index (χ3v) is 4.82. The number of aromatic nitrogens is 3. The van der Waals surface area contributed by atoms with Gasteiger partial charge in [-0.1, -0.05) is 39.5 Å². The molecule has 0 radical (unpaired) electrons. The molecule has 2 unspecified atom stereocenters. The molecule has 3 N–H and O–H groups in total. The Balaban J connectivity index is 3.00. The maximum atomic E-state index is 11.5.